The molecule has 0 bridgehead atoms. The predicted molar refractivity (Wildman–Crippen MR) is 96.6 cm³/mol. The van der Waals surface area contributed by atoms with Crippen molar-refractivity contribution in [2.45, 2.75) is 25.8 Å². The van der Waals surface area contributed by atoms with E-state index in [2.05, 4.69) is 0 Å². The summed E-state index contributed by atoms with van der Waals surface area (Å²) < 4.78 is 0. The van der Waals surface area contributed by atoms with Crippen LogP contribution in [0.2, 0.25) is 5.02 Å². The van der Waals surface area contributed by atoms with Crippen molar-refractivity contribution in [1.82, 2.24) is 4.90 Å². The number of aliphatic carboxylic acids is 1. The summed E-state index contributed by atoms with van der Waals surface area (Å²) in [7, 11) is 0. The molecule has 1 N–H and O–H groups in total. The lowest BCUT2D eigenvalue weighted by Gasteiger charge is -2.36. The Balaban J connectivity index is 1.83. The number of fused-ring (bicyclic) bond motifs is 1. The summed E-state index contributed by atoms with van der Waals surface area (Å²) in [4.78, 5) is 26.3. The van der Waals surface area contributed by atoms with Gasteiger partial charge in [0.15, 0.2) is 6.04 Å². The lowest BCUT2D eigenvalue weighted by atomic mass is 9.90. The Bertz CT molecular complexity index is 805. The molecule has 2 aromatic carbocycles. The standard InChI is InChI=1S/C20H20ClNO3/c1-13(12-15-7-3-5-9-17(15)21)19(23)22-11-10-14-6-2-4-8-16(14)18(22)20(24)25/h2-9,13,18H,10-12H2,1H3,(H,24,25). The molecule has 1 heterocycles. The second-order valence-electron chi connectivity index (χ2n) is 6.42. The van der Waals surface area contributed by atoms with Crippen LogP contribution in [0.5, 0.6) is 0 Å². The zero-order valence-corrected chi connectivity index (χ0v) is 14.7. The predicted octanol–water partition coefficient (Wildman–Crippen LogP) is 3.73. The quantitative estimate of drug-likeness (QED) is 0.907. The molecule has 2 atom stereocenters. The van der Waals surface area contributed by atoms with Gasteiger partial charge >= 0.3 is 5.97 Å². The van der Waals surface area contributed by atoms with E-state index in [1.54, 1.807) is 12.1 Å². The number of hydrogen-bond donors (Lipinski definition) is 1. The van der Waals surface area contributed by atoms with E-state index in [1.807, 2.05) is 43.3 Å². The largest absolute Gasteiger partial charge is 0.479 e. The second kappa shape index (κ2) is 7.28. The van der Waals surface area contributed by atoms with Gasteiger partial charge in [-0.15, -0.1) is 0 Å². The van der Waals surface area contributed by atoms with E-state index in [-0.39, 0.29) is 11.8 Å². The fourth-order valence-corrected chi connectivity index (χ4v) is 3.65. The minimum absolute atomic E-state index is 0.151. The Kier molecular flexibility index (Phi) is 5.09. The van der Waals surface area contributed by atoms with Gasteiger partial charge in [-0.05, 0) is 35.6 Å². The molecular weight excluding hydrogens is 338 g/mol. The van der Waals surface area contributed by atoms with Gasteiger partial charge < -0.3 is 10.0 Å². The molecule has 0 aliphatic carbocycles. The Morgan fingerprint density at radius 3 is 2.60 bits per heavy atom. The first kappa shape index (κ1) is 17.5. The first-order chi connectivity index (χ1) is 12.0. The van der Waals surface area contributed by atoms with E-state index < -0.39 is 12.0 Å². The molecule has 130 valence electrons. The van der Waals surface area contributed by atoms with Crippen molar-refractivity contribution in [2.75, 3.05) is 6.54 Å². The Labute approximate surface area is 152 Å². The summed E-state index contributed by atoms with van der Waals surface area (Å²) in [6, 6.07) is 13.9. The summed E-state index contributed by atoms with van der Waals surface area (Å²) in [5.74, 6) is -1.49. The number of amides is 1. The van der Waals surface area contributed by atoms with Crippen LogP contribution in [0.25, 0.3) is 0 Å². The normalized spacial score (nSPS) is 17.7. The van der Waals surface area contributed by atoms with Crippen LogP contribution in [0.1, 0.15) is 29.7 Å². The van der Waals surface area contributed by atoms with E-state index >= 15 is 0 Å². The topological polar surface area (TPSA) is 57.6 Å². The van der Waals surface area contributed by atoms with E-state index in [4.69, 9.17) is 11.6 Å². The number of benzene rings is 2. The number of rotatable bonds is 4. The summed E-state index contributed by atoms with van der Waals surface area (Å²) >= 11 is 6.19. The summed E-state index contributed by atoms with van der Waals surface area (Å²) in [6.45, 7) is 2.24. The number of hydrogen-bond acceptors (Lipinski definition) is 2. The molecule has 0 radical (unpaired) electrons. The summed E-state index contributed by atoms with van der Waals surface area (Å²) in [6.07, 6.45) is 1.16. The van der Waals surface area contributed by atoms with E-state index in [1.165, 1.54) is 4.90 Å². The van der Waals surface area contributed by atoms with Gasteiger partial charge in [0.25, 0.3) is 0 Å². The molecule has 4 nitrogen and oxygen atoms in total. The first-order valence-electron chi connectivity index (χ1n) is 8.33. The lowest BCUT2D eigenvalue weighted by molar-refractivity contribution is -0.152. The molecule has 0 spiro atoms. The molecule has 3 rings (SSSR count). The van der Waals surface area contributed by atoms with Gasteiger partial charge in [0.2, 0.25) is 5.91 Å². The number of carbonyl (C=O) groups excluding carboxylic acids is 1. The van der Waals surface area contributed by atoms with Crippen molar-refractivity contribution in [1.29, 1.82) is 0 Å². The van der Waals surface area contributed by atoms with Crippen LogP contribution in [0.15, 0.2) is 48.5 Å². The van der Waals surface area contributed by atoms with Gasteiger partial charge in [-0.2, -0.15) is 0 Å². The molecule has 0 aromatic heterocycles. The van der Waals surface area contributed by atoms with Gasteiger partial charge in [-0.3, -0.25) is 4.79 Å². The number of nitrogens with zero attached hydrogens (tertiary/aromatic N) is 1. The van der Waals surface area contributed by atoms with Crippen LogP contribution >= 0.6 is 11.6 Å². The Hall–Kier alpha value is -2.33. The number of carbonyl (C=O) groups is 2. The van der Waals surface area contributed by atoms with Crippen LogP contribution in [-0.2, 0) is 22.4 Å². The molecule has 25 heavy (non-hydrogen) atoms. The fraction of sp³-hybridized carbons (Fsp3) is 0.300. The third kappa shape index (κ3) is 3.54. The highest BCUT2D eigenvalue weighted by Crippen LogP contribution is 2.31. The van der Waals surface area contributed by atoms with Crippen molar-refractivity contribution in [3.63, 3.8) is 0 Å². The van der Waals surface area contributed by atoms with Crippen molar-refractivity contribution < 1.29 is 14.7 Å². The van der Waals surface area contributed by atoms with Crippen molar-refractivity contribution in [3.8, 4) is 0 Å². The molecule has 2 unspecified atom stereocenters. The summed E-state index contributed by atoms with van der Waals surface area (Å²) in [5, 5.41) is 10.3. The molecule has 2 aromatic rings. The maximum absolute atomic E-state index is 13.0. The van der Waals surface area contributed by atoms with E-state index in [0.717, 1.165) is 11.1 Å². The fourth-order valence-electron chi connectivity index (χ4n) is 3.43. The van der Waals surface area contributed by atoms with Gasteiger partial charge in [0.1, 0.15) is 0 Å². The van der Waals surface area contributed by atoms with Crippen LogP contribution in [0.4, 0.5) is 0 Å². The highest BCUT2D eigenvalue weighted by molar-refractivity contribution is 6.31. The maximum atomic E-state index is 13.0. The van der Waals surface area contributed by atoms with E-state index in [0.29, 0.717) is 30.0 Å². The zero-order valence-electron chi connectivity index (χ0n) is 14.0. The molecule has 0 fully saturated rings. The average Bonchev–Trinajstić information content (AvgIpc) is 2.61. The van der Waals surface area contributed by atoms with Gasteiger partial charge in [-0.1, -0.05) is 61.0 Å². The molecule has 0 saturated carbocycles. The number of carboxylic acid groups (broad SMARTS) is 1. The molecular formula is C20H20ClNO3. The zero-order chi connectivity index (χ0) is 18.0. The van der Waals surface area contributed by atoms with Crippen LogP contribution < -0.4 is 0 Å². The van der Waals surface area contributed by atoms with Crippen molar-refractivity contribution in [3.05, 3.63) is 70.2 Å². The van der Waals surface area contributed by atoms with E-state index in [9.17, 15) is 14.7 Å². The minimum atomic E-state index is -0.995. The monoisotopic (exact) mass is 357 g/mol. The SMILES string of the molecule is CC(Cc1ccccc1Cl)C(=O)N1CCc2ccccc2C1C(=O)O. The molecule has 0 saturated heterocycles. The Morgan fingerprint density at radius 1 is 1.20 bits per heavy atom. The average molecular weight is 358 g/mol. The smallest absolute Gasteiger partial charge is 0.331 e. The highest BCUT2D eigenvalue weighted by atomic mass is 35.5. The molecule has 1 aliphatic rings. The lowest BCUT2D eigenvalue weighted by Crippen LogP contribution is -2.46. The Morgan fingerprint density at radius 2 is 1.88 bits per heavy atom. The summed E-state index contributed by atoms with van der Waals surface area (Å²) in [5.41, 5.74) is 2.60. The first-order valence-corrected chi connectivity index (χ1v) is 8.71. The van der Waals surface area contributed by atoms with Crippen LogP contribution in [0, 0.1) is 5.92 Å². The van der Waals surface area contributed by atoms with Crippen molar-refractivity contribution >= 4 is 23.5 Å². The molecule has 1 aliphatic heterocycles. The minimum Gasteiger partial charge on any atom is -0.479 e. The van der Waals surface area contributed by atoms with Crippen LogP contribution in [0.3, 0.4) is 0 Å². The third-order valence-corrected chi connectivity index (χ3v) is 5.07. The maximum Gasteiger partial charge on any atom is 0.331 e. The van der Waals surface area contributed by atoms with Crippen LogP contribution in [-0.4, -0.2) is 28.4 Å². The van der Waals surface area contributed by atoms with Gasteiger partial charge in [-0.25, -0.2) is 4.79 Å². The van der Waals surface area contributed by atoms with Crippen molar-refractivity contribution in [2.24, 2.45) is 5.92 Å². The molecule has 1 amide bonds. The highest BCUT2D eigenvalue weighted by Gasteiger charge is 2.37. The van der Waals surface area contributed by atoms with Gasteiger partial charge in [0, 0.05) is 17.5 Å². The molecule has 5 heteroatoms. The number of carboxylic acids is 1. The van der Waals surface area contributed by atoms with Gasteiger partial charge in [0.05, 0.1) is 0 Å². The second-order valence-corrected chi connectivity index (χ2v) is 6.83. The third-order valence-electron chi connectivity index (χ3n) is 4.71. The number of halogens is 1.